The SMILES string of the molecule is O=C(Nc1ccc(Cl)cc1)c1cc(Cl)c(=O)n(Cc2ccc(Cl)cc2)c1. The number of hydrogen-bond acceptors (Lipinski definition) is 2. The molecule has 0 radical (unpaired) electrons. The molecular weight excluding hydrogens is 395 g/mol. The van der Waals surface area contributed by atoms with E-state index in [9.17, 15) is 9.59 Å². The van der Waals surface area contributed by atoms with Crippen LogP contribution in [-0.4, -0.2) is 10.5 Å². The van der Waals surface area contributed by atoms with Gasteiger partial charge in [-0.15, -0.1) is 0 Å². The summed E-state index contributed by atoms with van der Waals surface area (Å²) < 4.78 is 1.39. The number of benzene rings is 2. The van der Waals surface area contributed by atoms with E-state index in [0.717, 1.165) is 5.56 Å². The fourth-order valence-electron chi connectivity index (χ4n) is 2.36. The lowest BCUT2D eigenvalue weighted by Gasteiger charge is -2.10. The molecule has 0 fully saturated rings. The fourth-order valence-corrected chi connectivity index (χ4v) is 2.84. The van der Waals surface area contributed by atoms with Gasteiger partial charge >= 0.3 is 0 Å². The van der Waals surface area contributed by atoms with E-state index in [-0.39, 0.29) is 28.6 Å². The molecule has 7 heteroatoms. The molecule has 4 nitrogen and oxygen atoms in total. The molecule has 0 saturated heterocycles. The van der Waals surface area contributed by atoms with E-state index in [1.54, 1.807) is 36.4 Å². The van der Waals surface area contributed by atoms with Crippen molar-refractivity contribution in [2.45, 2.75) is 6.54 Å². The van der Waals surface area contributed by atoms with Crippen molar-refractivity contribution < 1.29 is 4.79 Å². The van der Waals surface area contributed by atoms with Crippen LogP contribution >= 0.6 is 34.8 Å². The first-order chi connectivity index (χ1) is 12.4. The lowest BCUT2D eigenvalue weighted by Crippen LogP contribution is -2.24. The number of carbonyl (C=O) groups is 1. The zero-order chi connectivity index (χ0) is 18.7. The molecule has 1 N–H and O–H groups in total. The number of nitrogens with one attached hydrogen (secondary N) is 1. The maximum atomic E-state index is 12.5. The van der Waals surface area contributed by atoms with Gasteiger partial charge in [0.2, 0.25) is 0 Å². The summed E-state index contributed by atoms with van der Waals surface area (Å²) in [7, 11) is 0. The van der Waals surface area contributed by atoms with Gasteiger partial charge in [-0.05, 0) is 48.0 Å². The molecule has 2 aromatic carbocycles. The van der Waals surface area contributed by atoms with E-state index in [4.69, 9.17) is 34.8 Å². The average Bonchev–Trinajstić information content (AvgIpc) is 2.62. The van der Waals surface area contributed by atoms with Gasteiger partial charge in [0.15, 0.2) is 0 Å². The van der Waals surface area contributed by atoms with Crippen LogP contribution in [0, 0.1) is 0 Å². The number of carbonyl (C=O) groups excluding carboxylic acids is 1. The van der Waals surface area contributed by atoms with Crippen molar-refractivity contribution in [1.82, 2.24) is 4.57 Å². The van der Waals surface area contributed by atoms with E-state index in [1.807, 2.05) is 12.1 Å². The normalized spacial score (nSPS) is 10.6. The number of halogens is 3. The summed E-state index contributed by atoms with van der Waals surface area (Å²) in [6.07, 6.45) is 1.48. The minimum Gasteiger partial charge on any atom is -0.322 e. The predicted octanol–water partition coefficient (Wildman–Crippen LogP) is 5.11. The molecule has 0 aliphatic rings. The summed E-state index contributed by atoms with van der Waals surface area (Å²) >= 11 is 17.7. The van der Waals surface area contributed by atoms with E-state index in [2.05, 4.69) is 5.32 Å². The van der Waals surface area contributed by atoms with Crippen molar-refractivity contribution in [3.63, 3.8) is 0 Å². The minimum absolute atomic E-state index is 0.0253. The molecule has 1 amide bonds. The van der Waals surface area contributed by atoms with Gasteiger partial charge in [-0.3, -0.25) is 9.59 Å². The van der Waals surface area contributed by atoms with Gasteiger partial charge < -0.3 is 9.88 Å². The van der Waals surface area contributed by atoms with Gasteiger partial charge in [0.05, 0.1) is 12.1 Å². The second kappa shape index (κ2) is 7.96. The maximum Gasteiger partial charge on any atom is 0.269 e. The standard InChI is InChI=1S/C19H13Cl3N2O2/c20-14-3-1-12(2-4-14)10-24-11-13(9-17(22)19(24)26)18(25)23-16-7-5-15(21)6-8-16/h1-9,11H,10H2,(H,23,25). The maximum absolute atomic E-state index is 12.5. The van der Waals surface area contributed by atoms with Crippen molar-refractivity contribution in [3.8, 4) is 0 Å². The van der Waals surface area contributed by atoms with Gasteiger partial charge in [-0.25, -0.2) is 0 Å². The zero-order valence-corrected chi connectivity index (χ0v) is 15.6. The Bertz CT molecular complexity index is 997. The molecule has 0 saturated carbocycles. The highest BCUT2D eigenvalue weighted by molar-refractivity contribution is 6.31. The van der Waals surface area contributed by atoms with Crippen molar-refractivity contribution in [3.05, 3.63) is 97.3 Å². The Morgan fingerprint density at radius 3 is 2.12 bits per heavy atom. The molecule has 0 unspecified atom stereocenters. The first kappa shape index (κ1) is 18.5. The molecule has 1 heterocycles. The number of hydrogen-bond donors (Lipinski definition) is 1. The highest BCUT2D eigenvalue weighted by Gasteiger charge is 2.12. The molecule has 26 heavy (non-hydrogen) atoms. The number of aromatic nitrogens is 1. The summed E-state index contributed by atoms with van der Waals surface area (Å²) in [6, 6.07) is 15.2. The lowest BCUT2D eigenvalue weighted by molar-refractivity contribution is 0.102. The van der Waals surface area contributed by atoms with Crippen LogP contribution in [0.2, 0.25) is 15.1 Å². The molecular formula is C19H13Cl3N2O2. The van der Waals surface area contributed by atoms with Gasteiger partial charge in [0.1, 0.15) is 5.02 Å². The monoisotopic (exact) mass is 406 g/mol. The zero-order valence-electron chi connectivity index (χ0n) is 13.4. The Labute approximate surface area is 164 Å². The molecule has 0 aliphatic carbocycles. The number of amides is 1. The Kier molecular flexibility index (Phi) is 5.67. The Morgan fingerprint density at radius 1 is 0.923 bits per heavy atom. The highest BCUT2D eigenvalue weighted by atomic mass is 35.5. The second-order valence-electron chi connectivity index (χ2n) is 5.60. The smallest absolute Gasteiger partial charge is 0.269 e. The van der Waals surface area contributed by atoms with Gasteiger partial charge in [-0.1, -0.05) is 46.9 Å². The number of anilines is 1. The van der Waals surface area contributed by atoms with Crippen molar-refractivity contribution in [1.29, 1.82) is 0 Å². The van der Waals surface area contributed by atoms with E-state index in [0.29, 0.717) is 15.7 Å². The summed E-state index contributed by atoms with van der Waals surface area (Å²) in [4.78, 5) is 24.7. The van der Waals surface area contributed by atoms with Crippen LogP contribution < -0.4 is 10.9 Å². The second-order valence-corrected chi connectivity index (χ2v) is 6.88. The molecule has 1 aromatic heterocycles. The van der Waals surface area contributed by atoms with Crippen molar-refractivity contribution in [2.75, 3.05) is 5.32 Å². The Balaban J connectivity index is 1.87. The minimum atomic E-state index is -0.376. The molecule has 0 aliphatic heterocycles. The van der Waals surface area contributed by atoms with E-state index >= 15 is 0 Å². The van der Waals surface area contributed by atoms with Crippen molar-refractivity contribution in [2.24, 2.45) is 0 Å². The molecule has 3 aromatic rings. The largest absolute Gasteiger partial charge is 0.322 e. The van der Waals surface area contributed by atoms with Crippen LogP contribution in [0.3, 0.4) is 0 Å². The van der Waals surface area contributed by atoms with Crippen LogP contribution in [0.1, 0.15) is 15.9 Å². The molecule has 3 rings (SSSR count). The average molecular weight is 408 g/mol. The first-order valence-corrected chi connectivity index (χ1v) is 8.77. The van der Waals surface area contributed by atoms with Crippen LogP contribution in [0.15, 0.2) is 65.6 Å². The van der Waals surface area contributed by atoms with Crippen LogP contribution in [0.5, 0.6) is 0 Å². The third-order valence-electron chi connectivity index (χ3n) is 3.67. The Morgan fingerprint density at radius 2 is 1.50 bits per heavy atom. The fraction of sp³-hybridized carbons (Fsp3) is 0.0526. The molecule has 0 spiro atoms. The Hall–Kier alpha value is -2.27. The third kappa shape index (κ3) is 4.47. The van der Waals surface area contributed by atoms with Gasteiger partial charge in [0, 0.05) is 21.9 Å². The number of rotatable bonds is 4. The van der Waals surface area contributed by atoms with Gasteiger partial charge in [0.25, 0.3) is 11.5 Å². The summed E-state index contributed by atoms with van der Waals surface area (Å²) in [5, 5.41) is 3.89. The number of nitrogens with zero attached hydrogens (tertiary/aromatic N) is 1. The van der Waals surface area contributed by atoms with E-state index in [1.165, 1.54) is 16.8 Å². The first-order valence-electron chi connectivity index (χ1n) is 7.64. The van der Waals surface area contributed by atoms with Gasteiger partial charge in [-0.2, -0.15) is 0 Å². The lowest BCUT2D eigenvalue weighted by atomic mass is 10.2. The van der Waals surface area contributed by atoms with E-state index < -0.39 is 0 Å². The summed E-state index contributed by atoms with van der Waals surface area (Å²) in [5.41, 5.74) is 1.36. The summed E-state index contributed by atoms with van der Waals surface area (Å²) in [6.45, 7) is 0.276. The number of pyridine rings is 1. The van der Waals surface area contributed by atoms with Crippen molar-refractivity contribution >= 4 is 46.4 Å². The van der Waals surface area contributed by atoms with Crippen LogP contribution in [-0.2, 0) is 6.54 Å². The van der Waals surface area contributed by atoms with Crippen LogP contribution in [0.4, 0.5) is 5.69 Å². The molecule has 0 bridgehead atoms. The van der Waals surface area contributed by atoms with Crippen LogP contribution in [0.25, 0.3) is 0 Å². The topological polar surface area (TPSA) is 51.1 Å². The predicted molar refractivity (Wildman–Crippen MR) is 106 cm³/mol. The molecule has 132 valence electrons. The third-order valence-corrected chi connectivity index (χ3v) is 4.45. The molecule has 0 atom stereocenters. The summed E-state index contributed by atoms with van der Waals surface area (Å²) in [5.74, 6) is -0.376. The quantitative estimate of drug-likeness (QED) is 0.653. The highest BCUT2D eigenvalue weighted by Crippen LogP contribution is 2.16.